The molecule has 1 heterocycles. The summed E-state index contributed by atoms with van der Waals surface area (Å²) in [5, 5.41) is 0.486. The molecule has 0 aromatic heterocycles. The minimum atomic E-state index is -3.65. The lowest BCUT2D eigenvalue weighted by Gasteiger charge is -2.21. The Morgan fingerprint density at radius 2 is 2.08 bits per heavy atom. The Kier molecular flexibility index (Phi) is 6.89. The molecule has 2 rings (SSSR count). The Hall–Kier alpha value is -1.31. The van der Waals surface area contributed by atoms with Crippen molar-refractivity contribution in [2.75, 3.05) is 25.6 Å². The van der Waals surface area contributed by atoms with Gasteiger partial charge in [0.15, 0.2) is 6.61 Å². The summed E-state index contributed by atoms with van der Waals surface area (Å²) in [6.45, 7) is 2.78. The molecule has 1 fully saturated rings. The minimum absolute atomic E-state index is 0.0698. The van der Waals surface area contributed by atoms with E-state index in [2.05, 4.69) is 0 Å². The normalized spacial score (nSPS) is 15.9. The number of aryl methyl sites for hydroxylation is 1. The quantitative estimate of drug-likeness (QED) is 0.790. The number of rotatable bonds is 7. The monoisotopic (exact) mass is 375 g/mol. The zero-order valence-corrected chi connectivity index (χ0v) is 15.2. The molecule has 0 bridgehead atoms. The van der Waals surface area contributed by atoms with Gasteiger partial charge in [-0.15, -0.1) is 0 Å². The molecule has 0 saturated carbocycles. The highest BCUT2D eigenvalue weighted by Crippen LogP contribution is 2.22. The maximum atomic E-state index is 12.0. The van der Waals surface area contributed by atoms with Gasteiger partial charge < -0.3 is 9.47 Å². The van der Waals surface area contributed by atoms with Crippen LogP contribution in [0.25, 0.3) is 0 Å². The van der Waals surface area contributed by atoms with Gasteiger partial charge in [0, 0.05) is 18.2 Å². The van der Waals surface area contributed by atoms with Crippen LogP contribution < -0.4 is 9.46 Å². The van der Waals surface area contributed by atoms with Crippen LogP contribution >= 0.6 is 11.6 Å². The van der Waals surface area contributed by atoms with Gasteiger partial charge >= 0.3 is 0 Å². The molecule has 1 N–H and O–H groups in total. The molecule has 0 unspecified atom stereocenters. The van der Waals surface area contributed by atoms with Crippen molar-refractivity contribution >= 4 is 27.5 Å². The zero-order valence-electron chi connectivity index (χ0n) is 13.6. The summed E-state index contributed by atoms with van der Waals surface area (Å²) in [6, 6.07) is 5.06. The van der Waals surface area contributed by atoms with Crippen LogP contribution in [0.3, 0.4) is 0 Å². The van der Waals surface area contributed by atoms with E-state index in [4.69, 9.17) is 21.1 Å². The van der Waals surface area contributed by atoms with Crippen molar-refractivity contribution in [1.29, 1.82) is 0 Å². The van der Waals surface area contributed by atoms with Gasteiger partial charge in [-0.2, -0.15) is 0 Å². The van der Waals surface area contributed by atoms with E-state index in [0.717, 1.165) is 18.4 Å². The molecular formula is C16H22ClNO5S. The van der Waals surface area contributed by atoms with E-state index in [9.17, 15) is 13.2 Å². The highest BCUT2D eigenvalue weighted by molar-refractivity contribution is 7.90. The van der Waals surface area contributed by atoms with Gasteiger partial charge in [0.05, 0.1) is 5.75 Å². The second kappa shape index (κ2) is 8.69. The van der Waals surface area contributed by atoms with E-state index < -0.39 is 15.9 Å². The summed E-state index contributed by atoms with van der Waals surface area (Å²) in [6.07, 6.45) is 2.25. The lowest BCUT2D eigenvalue weighted by molar-refractivity contribution is -0.121. The molecule has 1 aromatic carbocycles. The number of amides is 1. The highest BCUT2D eigenvalue weighted by Gasteiger charge is 2.20. The molecule has 6 nitrogen and oxygen atoms in total. The smallest absolute Gasteiger partial charge is 0.271 e. The molecule has 0 radical (unpaired) electrons. The van der Waals surface area contributed by atoms with Crippen LogP contribution in [0.2, 0.25) is 5.02 Å². The highest BCUT2D eigenvalue weighted by atomic mass is 35.5. The molecule has 8 heteroatoms. The number of carbonyl (C=O) groups excluding carboxylic acids is 1. The third kappa shape index (κ3) is 6.30. The first-order valence-corrected chi connectivity index (χ1v) is 9.89. The molecular weight excluding hydrogens is 354 g/mol. The lowest BCUT2D eigenvalue weighted by Crippen LogP contribution is -2.36. The largest absolute Gasteiger partial charge is 0.483 e. The van der Waals surface area contributed by atoms with E-state index in [-0.39, 0.29) is 12.4 Å². The van der Waals surface area contributed by atoms with Crippen molar-refractivity contribution in [3.63, 3.8) is 0 Å². The summed E-state index contributed by atoms with van der Waals surface area (Å²) in [7, 11) is -3.65. The second-order valence-corrected chi connectivity index (χ2v) is 8.17. The van der Waals surface area contributed by atoms with Crippen LogP contribution in [0.15, 0.2) is 18.2 Å². The number of carbonyl (C=O) groups is 1. The summed E-state index contributed by atoms with van der Waals surface area (Å²) in [5.74, 6) is 0.0222. The number of halogens is 1. The van der Waals surface area contributed by atoms with E-state index >= 15 is 0 Å². The SMILES string of the molecule is Cc1ccc(Cl)cc1OCC(=O)NS(=O)(=O)CCC1CCOCC1. The Bertz CT molecular complexity index is 671. The topological polar surface area (TPSA) is 81.7 Å². The summed E-state index contributed by atoms with van der Waals surface area (Å²) >= 11 is 5.87. The fourth-order valence-electron chi connectivity index (χ4n) is 2.48. The Morgan fingerprint density at radius 1 is 1.38 bits per heavy atom. The van der Waals surface area contributed by atoms with Crippen molar-refractivity contribution in [2.45, 2.75) is 26.2 Å². The summed E-state index contributed by atoms with van der Waals surface area (Å²) < 4.78 is 36.6. The predicted octanol–water partition coefficient (Wildman–Crippen LogP) is 2.29. The molecule has 24 heavy (non-hydrogen) atoms. The van der Waals surface area contributed by atoms with Gasteiger partial charge in [0.25, 0.3) is 5.91 Å². The average molecular weight is 376 g/mol. The Balaban J connectivity index is 1.78. The number of nitrogens with one attached hydrogen (secondary N) is 1. The van der Waals surface area contributed by atoms with Crippen molar-refractivity contribution in [2.24, 2.45) is 5.92 Å². The van der Waals surface area contributed by atoms with Crippen LogP contribution in [0, 0.1) is 12.8 Å². The minimum Gasteiger partial charge on any atom is -0.483 e. The van der Waals surface area contributed by atoms with Gasteiger partial charge in [-0.05, 0) is 49.8 Å². The molecule has 1 aliphatic rings. The molecule has 1 aliphatic heterocycles. The zero-order chi connectivity index (χ0) is 17.6. The van der Waals surface area contributed by atoms with E-state index in [0.29, 0.717) is 36.3 Å². The van der Waals surface area contributed by atoms with Gasteiger partial charge in [0.2, 0.25) is 10.0 Å². The van der Waals surface area contributed by atoms with E-state index in [1.165, 1.54) is 0 Å². The predicted molar refractivity (Wildman–Crippen MR) is 91.8 cm³/mol. The van der Waals surface area contributed by atoms with E-state index in [1.54, 1.807) is 18.2 Å². The summed E-state index contributed by atoms with van der Waals surface area (Å²) in [4.78, 5) is 11.8. The van der Waals surface area contributed by atoms with Gasteiger partial charge in [-0.3, -0.25) is 9.52 Å². The number of hydrogen-bond acceptors (Lipinski definition) is 5. The van der Waals surface area contributed by atoms with Gasteiger partial charge in [-0.25, -0.2) is 8.42 Å². The Morgan fingerprint density at radius 3 is 2.79 bits per heavy atom. The number of benzene rings is 1. The molecule has 1 saturated heterocycles. The molecule has 0 spiro atoms. The van der Waals surface area contributed by atoms with Crippen molar-refractivity contribution in [3.05, 3.63) is 28.8 Å². The summed E-state index contributed by atoms with van der Waals surface area (Å²) in [5.41, 5.74) is 0.814. The second-order valence-electron chi connectivity index (χ2n) is 5.89. The third-order valence-electron chi connectivity index (χ3n) is 3.91. The van der Waals surface area contributed by atoms with Crippen LogP contribution in [0.5, 0.6) is 5.75 Å². The first-order chi connectivity index (χ1) is 11.4. The van der Waals surface area contributed by atoms with Crippen molar-refractivity contribution in [1.82, 2.24) is 4.72 Å². The van der Waals surface area contributed by atoms with Crippen LogP contribution in [0.4, 0.5) is 0 Å². The number of hydrogen-bond donors (Lipinski definition) is 1. The molecule has 1 aromatic rings. The number of sulfonamides is 1. The molecule has 0 aliphatic carbocycles. The maximum absolute atomic E-state index is 12.0. The first kappa shape index (κ1) is 19.0. The van der Waals surface area contributed by atoms with Gasteiger partial charge in [-0.1, -0.05) is 17.7 Å². The van der Waals surface area contributed by atoms with Crippen LogP contribution in [-0.4, -0.2) is 39.9 Å². The molecule has 134 valence electrons. The van der Waals surface area contributed by atoms with Crippen LogP contribution in [-0.2, 0) is 19.6 Å². The van der Waals surface area contributed by atoms with E-state index in [1.807, 2.05) is 11.6 Å². The first-order valence-electron chi connectivity index (χ1n) is 7.86. The van der Waals surface area contributed by atoms with Gasteiger partial charge in [0.1, 0.15) is 5.75 Å². The fraction of sp³-hybridized carbons (Fsp3) is 0.562. The fourth-order valence-corrected chi connectivity index (χ4v) is 3.80. The molecule has 0 atom stereocenters. The van der Waals surface area contributed by atoms with Crippen molar-refractivity contribution < 1.29 is 22.7 Å². The standard InChI is InChI=1S/C16H22ClNO5S/c1-12-2-3-14(17)10-15(12)23-11-16(19)18-24(20,21)9-6-13-4-7-22-8-5-13/h2-3,10,13H,4-9,11H2,1H3,(H,18,19). The third-order valence-corrected chi connectivity index (χ3v) is 5.46. The molecule has 1 amide bonds. The Labute approximate surface area is 147 Å². The van der Waals surface area contributed by atoms with Crippen molar-refractivity contribution in [3.8, 4) is 5.75 Å². The lowest BCUT2D eigenvalue weighted by atomic mass is 9.98. The van der Waals surface area contributed by atoms with Crippen LogP contribution in [0.1, 0.15) is 24.8 Å². The number of ether oxygens (including phenoxy) is 2. The average Bonchev–Trinajstić information content (AvgIpc) is 2.54. The maximum Gasteiger partial charge on any atom is 0.271 e.